The number of nitrogens with one attached hydrogen (secondary N) is 1. The number of aromatic nitrogens is 1. The zero-order chi connectivity index (χ0) is 14.0. The molecule has 2 aliphatic carbocycles. The van der Waals surface area contributed by atoms with Crippen LogP contribution in [-0.4, -0.2) is 4.98 Å². The van der Waals surface area contributed by atoms with Crippen LogP contribution in [0, 0.1) is 0 Å². The smallest absolute Gasteiger partial charge is 0.248 e. The molecular weight excluding hydrogens is 258 g/mol. The van der Waals surface area contributed by atoms with Gasteiger partial charge in [-0.15, -0.1) is 0 Å². The first-order valence-corrected chi connectivity index (χ1v) is 7.01. The van der Waals surface area contributed by atoms with Crippen molar-refractivity contribution < 1.29 is 0 Å². The molecule has 21 heavy (non-hydrogen) atoms. The molecule has 0 fully saturated rings. The molecule has 0 amide bonds. The van der Waals surface area contributed by atoms with E-state index in [-0.39, 0.29) is 5.56 Å². The molecule has 2 aliphatic rings. The van der Waals surface area contributed by atoms with Gasteiger partial charge in [0.25, 0.3) is 0 Å². The topological polar surface area (TPSA) is 32.9 Å². The number of allylic oxidation sites excluding steroid dienone is 5. The number of rotatable bonds is 0. The number of fused-ring (bicyclic) bond motifs is 7. The molecule has 0 bridgehead atoms. The fourth-order valence-electron chi connectivity index (χ4n) is 3.43. The average Bonchev–Trinajstić information content (AvgIpc) is 3.07. The van der Waals surface area contributed by atoms with E-state index in [1.807, 2.05) is 12.1 Å². The summed E-state index contributed by atoms with van der Waals surface area (Å²) >= 11 is 0. The molecule has 1 heterocycles. The maximum Gasteiger partial charge on any atom is 0.248 e. The standard InChI is InChI=1S/C19H11NO/c21-19-9-7-16-14-5-4-13-12-3-1-2-11(12)10-17(13)15(14)6-8-18(16)20-19/h1-10H,(H,20,21). The Balaban J connectivity index is 1.95. The Hall–Kier alpha value is -2.87. The number of hydrogen-bond donors (Lipinski definition) is 1. The summed E-state index contributed by atoms with van der Waals surface area (Å²) < 4.78 is 0. The van der Waals surface area contributed by atoms with Crippen LogP contribution in [0.3, 0.4) is 0 Å². The first-order valence-electron chi connectivity index (χ1n) is 7.01. The Labute approximate surface area is 120 Å². The number of H-pyrrole nitrogens is 1. The minimum absolute atomic E-state index is 0.0602. The van der Waals surface area contributed by atoms with Crippen molar-refractivity contribution in [2.45, 2.75) is 0 Å². The second-order valence-electron chi connectivity index (χ2n) is 5.51. The molecule has 2 nitrogen and oxygen atoms in total. The van der Waals surface area contributed by atoms with Crippen LogP contribution in [-0.2, 0) is 0 Å². The van der Waals surface area contributed by atoms with Crippen molar-refractivity contribution in [2.75, 3.05) is 0 Å². The summed E-state index contributed by atoms with van der Waals surface area (Å²) in [4.78, 5) is 14.4. The van der Waals surface area contributed by atoms with E-state index in [0.29, 0.717) is 0 Å². The van der Waals surface area contributed by atoms with E-state index < -0.39 is 0 Å². The molecule has 98 valence electrons. The molecule has 5 rings (SSSR count). The maximum absolute atomic E-state index is 11.5. The van der Waals surface area contributed by atoms with Gasteiger partial charge in [-0.2, -0.15) is 0 Å². The molecule has 0 radical (unpaired) electrons. The highest BCUT2D eigenvalue weighted by Gasteiger charge is 2.21. The van der Waals surface area contributed by atoms with Crippen LogP contribution in [0.15, 0.2) is 65.0 Å². The van der Waals surface area contributed by atoms with E-state index in [2.05, 4.69) is 47.5 Å². The molecule has 1 aromatic heterocycles. The van der Waals surface area contributed by atoms with Crippen molar-refractivity contribution in [3.8, 4) is 0 Å². The Morgan fingerprint density at radius 3 is 2.67 bits per heavy atom. The first-order chi connectivity index (χ1) is 10.3. The Morgan fingerprint density at radius 1 is 0.857 bits per heavy atom. The zero-order valence-electron chi connectivity index (χ0n) is 11.2. The Bertz CT molecular complexity index is 1090. The molecule has 2 aromatic carbocycles. The predicted molar refractivity (Wildman–Crippen MR) is 87.2 cm³/mol. The minimum atomic E-state index is -0.0602. The Kier molecular flexibility index (Phi) is 1.87. The van der Waals surface area contributed by atoms with Crippen LogP contribution in [0.4, 0.5) is 0 Å². The van der Waals surface area contributed by atoms with Crippen molar-refractivity contribution in [2.24, 2.45) is 0 Å². The first kappa shape index (κ1) is 10.9. The van der Waals surface area contributed by atoms with E-state index >= 15 is 0 Å². The van der Waals surface area contributed by atoms with Gasteiger partial charge in [0.05, 0.1) is 0 Å². The van der Waals surface area contributed by atoms with Gasteiger partial charge in [0.2, 0.25) is 5.56 Å². The lowest BCUT2D eigenvalue weighted by atomic mass is 9.96. The van der Waals surface area contributed by atoms with Gasteiger partial charge in [0.1, 0.15) is 0 Å². The minimum Gasteiger partial charge on any atom is -0.322 e. The summed E-state index contributed by atoms with van der Waals surface area (Å²) in [6.07, 6.45) is 8.67. The molecule has 0 atom stereocenters. The van der Waals surface area contributed by atoms with Gasteiger partial charge in [-0.25, -0.2) is 0 Å². The van der Waals surface area contributed by atoms with Gasteiger partial charge in [0, 0.05) is 17.0 Å². The normalized spacial score (nSPS) is 15.2. The molecule has 1 N–H and O–H groups in total. The van der Waals surface area contributed by atoms with Crippen molar-refractivity contribution in [3.63, 3.8) is 0 Å². The summed E-state index contributed by atoms with van der Waals surface area (Å²) in [7, 11) is 0. The molecule has 0 saturated heterocycles. The highest BCUT2D eigenvalue weighted by Crippen LogP contribution is 2.42. The quantitative estimate of drug-likeness (QED) is 0.614. The fraction of sp³-hybridized carbons (Fsp3) is 0. The molecule has 0 saturated carbocycles. The molecule has 2 heteroatoms. The lowest BCUT2D eigenvalue weighted by Crippen LogP contribution is -2.02. The third-order valence-corrected chi connectivity index (χ3v) is 4.38. The van der Waals surface area contributed by atoms with E-state index in [9.17, 15) is 4.79 Å². The summed E-state index contributed by atoms with van der Waals surface area (Å²) in [6, 6.07) is 11.9. The van der Waals surface area contributed by atoms with Crippen LogP contribution < -0.4 is 5.56 Å². The van der Waals surface area contributed by atoms with Gasteiger partial charge in [0.15, 0.2) is 0 Å². The third kappa shape index (κ3) is 1.34. The van der Waals surface area contributed by atoms with Crippen LogP contribution in [0.5, 0.6) is 0 Å². The van der Waals surface area contributed by atoms with E-state index in [4.69, 9.17) is 0 Å². The second-order valence-corrected chi connectivity index (χ2v) is 5.51. The zero-order valence-corrected chi connectivity index (χ0v) is 11.2. The molecule has 3 aromatic rings. The molecule has 0 unspecified atom stereocenters. The molecule has 0 aliphatic heterocycles. The van der Waals surface area contributed by atoms with Gasteiger partial charge >= 0.3 is 0 Å². The number of aromatic amines is 1. The monoisotopic (exact) mass is 269 g/mol. The predicted octanol–water partition coefficient (Wildman–Crippen LogP) is 4.03. The van der Waals surface area contributed by atoms with Crippen LogP contribution >= 0.6 is 0 Å². The van der Waals surface area contributed by atoms with Crippen LogP contribution in [0.25, 0.3) is 33.3 Å². The van der Waals surface area contributed by atoms with Gasteiger partial charge in [-0.3, -0.25) is 4.79 Å². The lowest BCUT2D eigenvalue weighted by molar-refractivity contribution is 1.31. The van der Waals surface area contributed by atoms with E-state index in [1.165, 1.54) is 33.0 Å². The summed E-state index contributed by atoms with van der Waals surface area (Å²) in [5.74, 6) is 0. The van der Waals surface area contributed by atoms with Crippen LogP contribution in [0.1, 0.15) is 11.1 Å². The van der Waals surface area contributed by atoms with Crippen molar-refractivity contribution in [1.29, 1.82) is 0 Å². The lowest BCUT2D eigenvalue weighted by Gasteiger charge is -2.08. The summed E-state index contributed by atoms with van der Waals surface area (Å²) in [5.41, 5.74) is 6.01. The van der Waals surface area contributed by atoms with E-state index in [0.717, 1.165) is 10.9 Å². The highest BCUT2D eigenvalue weighted by atomic mass is 16.1. The molecular formula is C19H11NO. The second kappa shape index (κ2) is 3.61. The highest BCUT2D eigenvalue weighted by molar-refractivity contribution is 6.14. The third-order valence-electron chi connectivity index (χ3n) is 4.38. The summed E-state index contributed by atoms with van der Waals surface area (Å²) in [6.45, 7) is 0. The van der Waals surface area contributed by atoms with Gasteiger partial charge in [-0.1, -0.05) is 36.4 Å². The van der Waals surface area contributed by atoms with E-state index in [1.54, 1.807) is 6.07 Å². The number of hydrogen-bond acceptors (Lipinski definition) is 1. The van der Waals surface area contributed by atoms with Gasteiger partial charge in [-0.05, 0) is 51.3 Å². The maximum atomic E-state index is 11.5. The SMILES string of the molecule is O=c1ccc2c(ccc3c4c(ccc32)C2=CC=CC2=C4)[nH]1. The summed E-state index contributed by atoms with van der Waals surface area (Å²) in [5, 5.41) is 3.52. The average molecular weight is 269 g/mol. The number of pyridine rings is 1. The Morgan fingerprint density at radius 2 is 1.71 bits per heavy atom. The molecule has 0 spiro atoms. The van der Waals surface area contributed by atoms with Crippen molar-refractivity contribution in [3.05, 3.63) is 81.7 Å². The van der Waals surface area contributed by atoms with Crippen LogP contribution in [0.2, 0.25) is 0 Å². The van der Waals surface area contributed by atoms with Crippen molar-refractivity contribution in [1.82, 2.24) is 4.98 Å². The largest absolute Gasteiger partial charge is 0.322 e. The number of benzene rings is 2. The van der Waals surface area contributed by atoms with Gasteiger partial charge < -0.3 is 4.98 Å². The van der Waals surface area contributed by atoms with Crippen molar-refractivity contribution >= 4 is 33.3 Å². The fourth-order valence-corrected chi connectivity index (χ4v) is 3.43.